The molecule has 0 saturated carbocycles. The highest BCUT2D eigenvalue weighted by molar-refractivity contribution is 5.97. The molecule has 0 unspecified atom stereocenters. The average molecular weight is 223 g/mol. The summed E-state index contributed by atoms with van der Waals surface area (Å²) >= 11 is 0. The molecule has 0 spiro atoms. The van der Waals surface area contributed by atoms with Crippen LogP contribution in [0.3, 0.4) is 0 Å². The Hall–Kier alpha value is -1.78. The molecule has 5 nitrogen and oxygen atoms in total. The van der Waals surface area contributed by atoms with Gasteiger partial charge in [0.25, 0.3) is 5.91 Å². The summed E-state index contributed by atoms with van der Waals surface area (Å²) in [5.41, 5.74) is 11.2. The fraction of sp³-hybridized carbons (Fsp3) is 0.455. The van der Waals surface area contributed by atoms with Gasteiger partial charge in [-0.25, -0.2) is 4.98 Å². The van der Waals surface area contributed by atoms with E-state index in [0.717, 1.165) is 6.42 Å². The first-order valence-electron chi connectivity index (χ1n) is 5.19. The third-order valence-electron chi connectivity index (χ3n) is 2.12. The van der Waals surface area contributed by atoms with Gasteiger partial charge in [-0.05, 0) is 12.3 Å². The molecule has 4 N–H and O–H groups in total. The summed E-state index contributed by atoms with van der Waals surface area (Å²) in [6, 6.07) is 1.47. The Morgan fingerprint density at radius 3 is 2.81 bits per heavy atom. The predicted octanol–water partition coefficient (Wildman–Crippen LogP) is 1.19. The van der Waals surface area contributed by atoms with E-state index in [1.807, 2.05) is 0 Å². The number of hydrogen-bond acceptors (Lipinski definition) is 4. The maximum absolute atomic E-state index is 11.0. The molecule has 1 amide bonds. The molecule has 0 fully saturated rings. The lowest BCUT2D eigenvalue weighted by atomic mass is 10.1. The number of amides is 1. The highest BCUT2D eigenvalue weighted by Gasteiger charge is 2.08. The van der Waals surface area contributed by atoms with Crippen molar-refractivity contribution in [3.05, 3.63) is 17.8 Å². The number of primary amides is 1. The Balaban J connectivity index is 2.68. The van der Waals surface area contributed by atoms with Crippen molar-refractivity contribution in [1.82, 2.24) is 4.98 Å². The first-order valence-corrected chi connectivity index (χ1v) is 5.19. The fourth-order valence-corrected chi connectivity index (χ4v) is 1.14. The number of anilines is 1. The maximum atomic E-state index is 11.0. The van der Waals surface area contributed by atoms with E-state index in [2.05, 4.69) is 18.8 Å². The maximum Gasteiger partial charge on any atom is 0.251 e. The van der Waals surface area contributed by atoms with E-state index < -0.39 is 5.91 Å². The van der Waals surface area contributed by atoms with E-state index in [1.165, 1.54) is 12.3 Å². The number of aromatic nitrogens is 1. The molecular formula is C11H17N3O2. The molecule has 0 aliphatic rings. The zero-order valence-electron chi connectivity index (χ0n) is 9.56. The van der Waals surface area contributed by atoms with Crippen LogP contribution >= 0.6 is 0 Å². The van der Waals surface area contributed by atoms with Crippen LogP contribution in [-0.4, -0.2) is 17.5 Å². The van der Waals surface area contributed by atoms with Crippen molar-refractivity contribution in [2.75, 3.05) is 12.3 Å². The molecule has 0 saturated heterocycles. The van der Waals surface area contributed by atoms with Crippen LogP contribution in [0.25, 0.3) is 0 Å². The molecule has 0 radical (unpaired) electrons. The van der Waals surface area contributed by atoms with Gasteiger partial charge in [0.1, 0.15) is 0 Å². The minimum atomic E-state index is -0.575. The molecule has 0 atom stereocenters. The Bertz CT molecular complexity index is 377. The van der Waals surface area contributed by atoms with Crippen molar-refractivity contribution in [1.29, 1.82) is 0 Å². The smallest absolute Gasteiger partial charge is 0.251 e. The molecular weight excluding hydrogens is 206 g/mol. The van der Waals surface area contributed by atoms with Gasteiger partial charge in [-0.15, -0.1) is 0 Å². The SMILES string of the molecule is CC(C)CCOc1cc(C(N)=O)c(N)cn1. The number of hydrogen-bond donors (Lipinski definition) is 2. The van der Waals surface area contributed by atoms with Crippen LogP contribution in [0.4, 0.5) is 5.69 Å². The van der Waals surface area contributed by atoms with Crippen LogP contribution in [0.5, 0.6) is 5.88 Å². The molecule has 1 rings (SSSR count). The van der Waals surface area contributed by atoms with Gasteiger partial charge < -0.3 is 16.2 Å². The molecule has 1 aromatic heterocycles. The summed E-state index contributed by atoms with van der Waals surface area (Å²) in [6.07, 6.45) is 2.31. The Morgan fingerprint density at radius 2 is 2.25 bits per heavy atom. The van der Waals surface area contributed by atoms with E-state index in [4.69, 9.17) is 16.2 Å². The van der Waals surface area contributed by atoms with E-state index in [-0.39, 0.29) is 11.3 Å². The number of pyridine rings is 1. The van der Waals surface area contributed by atoms with Crippen LogP contribution in [-0.2, 0) is 0 Å². The highest BCUT2D eigenvalue weighted by Crippen LogP contribution is 2.16. The van der Waals surface area contributed by atoms with Crippen molar-refractivity contribution >= 4 is 11.6 Å². The molecule has 0 aliphatic heterocycles. The summed E-state index contributed by atoms with van der Waals surface area (Å²) in [7, 11) is 0. The van der Waals surface area contributed by atoms with Gasteiger partial charge in [0.05, 0.1) is 24.1 Å². The minimum Gasteiger partial charge on any atom is -0.478 e. The van der Waals surface area contributed by atoms with Crippen molar-refractivity contribution in [2.24, 2.45) is 11.7 Å². The summed E-state index contributed by atoms with van der Waals surface area (Å²) in [5.74, 6) is 0.363. The summed E-state index contributed by atoms with van der Waals surface area (Å²) < 4.78 is 5.39. The Morgan fingerprint density at radius 1 is 1.56 bits per heavy atom. The van der Waals surface area contributed by atoms with E-state index in [0.29, 0.717) is 18.4 Å². The van der Waals surface area contributed by atoms with Crippen molar-refractivity contribution in [3.63, 3.8) is 0 Å². The molecule has 0 aliphatic carbocycles. The molecule has 1 aromatic rings. The second-order valence-electron chi connectivity index (χ2n) is 4.01. The fourth-order valence-electron chi connectivity index (χ4n) is 1.14. The van der Waals surface area contributed by atoms with Crippen molar-refractivity contribution in [3.8, 4) is 5.88 Å². The van der Waals surface area contributed by atoms with E-state index >= 15 is 0 Å². The average Bonchev–Trinajstić information content (AvgIpc) is 2.19. The van der Waals surface area contributed by atoms with Crippen LogP contribution in [0.15, 0.2) is 12.3 Å². The summed E-state index contributed by atoms with van der Waals surface area (Å²) in [6.45, 7) is 4.77. The Labute approximate surface area is 94.8 Å². The Kier molecular flexibility index (Phi) is 4.10. The van der Waals surface area contributed by atoms with Crippen LogP contribution in [0, 0.1) is 5.92 Å². The largest absolute Gasteiger partial charge is 0.478 e. The zero-order valence-corrected chi connectivity index (χ0v) is 9.56. The molecule has 1 heterocycles. The second kappa shape index (κ2) is 5.34. The van der Waals surface area contributed by atoms with Gasteiger partial charge in [-0.2, -0.15) is 0 Å². The van der Waals surface area contributed by atoms with Crippen LogP contribution < -0.4 is 16.2 Å². The number of nitrogens with two attached hydrogens (primary N) is 2. The highest BCUT2D eigenvalue weighted by atomic mass is 16.5. The quantitative estimate of drug-likeness (QED) is 0.784. The third-order valence-corrected chi connectivity index (χ3v) is 2.12. The third kappa shape index (κ3) is 3.42. The van der Waals surface area contributed by atoms with E-state index in [1.54, 1.807) is 0 Å². The van der Waals surface area contributed by atoms with Crippen LogP contribution in [0.1, 0.15) is 30.6 Å². The summed E-state index contributed by atoms with van der Waals surface area (Å²) in [5, 5.41) is 0. The standard InChI is InChI=1S/C11H17N3O2/c1-7(2)3-4-16-10-5-8(11(13)15)9(12)6-14-10/h5-7H,3-4,12H2,1-2H3,(H2,13,15). The van der Waals surface area contributed by atoms with Crippen molar-refractivity contribution < 1.29 is 9.53 Å². The van der Waals surface area contributed by atoms with Gasteiger partial charge in [0.2, 0.25) is 5.88 Å². The van der Waals surface area contributed by atoms with Gasteiger partial charge in [0.15, 0.2) is 0 Å². The minimum absolute atomic E-state index is 0.245. The van der Waals surface area contributed by atoms with Gasteiger partial charge in [-0.3, -0.25) is 4.79 Å². The summed E-state index contributed by atoms with van der Waals surface area (Å²) in [4.78, 5) is 15.0. The predicted molar refractivity (Wildman–Crippen MR) is 62.1 cm³/mol. The molecule has 0 bridgehead atoms. The first kappa shape index (κ1) is 12.3. The molecule has 5 heteroatoms. The number of rotatable bonds is 5. The van der Waals surface area contributed by atoms with E-state index in [9.17, 15) is 4.79 Å². The number of carbonyl (C=O) groups is 1. The molecule has 16 heavy (non-hydrogen) atoms. The molecule has 0 aromatic carbocycles. The lowest BCUT2D eigenvalue weighted by Crippen LogP contribution is -2.14. The van der Waals surface area contributed by atoms with Crippen molar-refractivity contribution in [2.45, 2.75) is 20.3 Å². The van der Waals surface area contributed by atoms with Crippen LogP contribution in [0.2, 0.25) is 0 Å². The normalized spacial score (nSPS) is 10.4. The molecule has 88 valence electrons. The number of carbonyl (C=O) groups excluding carboxylic acids is 1. The van der Waals surface area contributed by atoms with Gasteiger partial charge >= 0.3 is 0 Å². The lowest BCUT2D eigenvalue weighted by Gasteiger charge is -2.08. The van der Waals surface area contributed by atoms with Gasteiger partial charge in [-0.1, -0.05) is 13.8 Å². The number of nitrogens with zero attached hydrogens (tertiary/aromatic N) is 1. The second-order valence-corrected chi connectivity index (χ2v) is 4.01. The monoisotopic (exact) mass is 223 g/mol. The first-order chi connectivity index (χ1) is 7.50. The zero-order chi connectivity index (χ0) is 12.1. The topological polar surface area (TPSA) is 91.2 Å². The number of ether oxygens (including phenoxy) is 1. The van der Waals surface area contributed by atoms with Gasteiger partial charge in [0, 0.05) is 6.07 Å². The number of nitrogen functional groups attached to an aromatic ring is 1. The lowest BCUT2D eigenvalue weighted by molar-refractivity contribution is 0.100.